The van der Waals surface area contributed by atoms with Crippen LogP contribution in [0.4, 0.5) is 27.5 Å². The van der Waals surface area contributed by atoms with E-state index in [-0.39, 0.29) is 11.9 Å². The van der Waals surface area contributed by atoms with Crippen LogP contribution in [-0.4, -0.2) is 65.0 Å². The molecule has 214 valence electrons. The van der Waals surface area contributed by atoms with Gasteiger partial charge in [-0.05, 0) is 113 Å². The molecule has 0 saturated carbocycles. The largest absolute Gasteiger partial charge is 0.400 e. The average Bonchev–Trinajstić information content (AvgIpc) is 2.98. The van der Waals surface area contributed by atoms with Crippen molar-refractivity contribution in [3.05, 3.63) is 95.6 Å². The van der Waals surface area contributed by atoms with Gasteiger partial charge in [0.05, 0.1) is 6.10 Å². The van der Waals surface area contributed by atoms with E-state index in [0.717, 1.165) is 56.5 Å². The van der Waals surface area contributed by atoms with Crippen molar-refractivity contribution < 1.29 is 14.6 Å². The summed E-state index contributed by atoms with van der Waals surface area (Å²) in [6.45, 7) is 6.78. The maximum absolute atomic E-state index is 13.3. The second-order valence-corrected chi connectivity index (χ2v) is 9.91. The van der Waals surface area contributed by atoms with E-state index in [9.17, 15) is 9.50 Å². The van der Waals surface area contributed by atoms with Crippen molar-refractivity contribution in [2.75, 3.05) is 44.4 Å². The number of benzene rings is 2. The van der Waals surface area contributed by atoms with Crippen LogP contribution in [0.25, 0.3) is 0 Å². The molecule has 1 unspecified atom stereocenters. The molecule has 1 saturated heterocycles. The Morgan fingerprint density at radius 2 is 1.70 bits per heavy atom. The first kappa shape index (κ1) is 30.7. The van der Waals surface area contributed by atoms with Gasteiger partial charge in [0, 0.05) is 31.2 Å². The molecule has 0 bridgehead atoms. The lowest BCUT2D eigenvalue weighted by Gasteiger charge is -2.33. The van der Waals surface area contributed by atoms with Gasteiger partial charge in [-0.3, -0.25) is 0 Å². The molecule has 1 aromatic heterocycles. The Bertz CT molecular complexity index is 1260. The van der Waals surface area contributed by atoms with Gasteiger partial charge in [0.25, 0.3) is 0 Å². The number of rotatable bonds is 6. The number of piperidine rings is 1. The molecule has 9 heteroatoms. The van der Waals surface area contributed by atoms with E-state index in [1.54, 1.807) is 31.3 Å². The van der Waals surface area contributed by atoms with E-state index in [2.05, 4.69) is 37.9 Å². The monoisotopic (exact) mass is 548 g/mol. The van der Waals surface area contributed by atoms with Gasteiger partial charge in [-0.25, -0.2) is 9.37 Å². The molecule has 5 N–H and O–H groups in total. The highest BCUT2D eigenvalue weighted by atomic mass is 19.1. The van der Waals surface area contributed by atoms with Crippen LogP contribution in [-0.2, 0) is 0 Å². The lowest BCUT2D eigenvalue weighted by atomic mass is 9.87. The predicted molar refractivity (Wildman–Crippen MR) is 161 cm³/mol. The third-order valence-electron chi connectivity index (χ3n) is 6.81. The summed E-state index contributed by atoms with van der Waals surface area (Å²) in [7, 11) is 3.15. The molecule has 2 aliphatic rings. The van der Waals surface area contributed by atoms with Crippen LogP contribution >= 0.6 is 0 Å². The second kappa shape index (κ2) is 15.7. The number of aromatic nitrogens is 2. The first-order valence-electron chi connectivity index (χ1n) is 13.5. The highest BCUT2D eigenvalue weighted by molar-refractivity contribution is 5.60. The molecule has 8 nitrogen and oxygen atoms in total. The number of anilines is 4. The van der Waals surface area contributed by atoms with Gasteiger partial charge in [0.1, 0.15) is 11.6 Å². The third-order valence-corrected chi connectivity index (χ3v) is 6.81. The van der Waals surface area contributed by atoms with Crippen LogP contribution in [0, 0.1) is 25.6 Å². The number of hydrogen-bond acceptors (Lipinski definition) is 8. The number of nitrogens with one attached hydrogen (secondary N) is 3. The molecular formula is C31H41FN6O2. The summed E-state index contributed by atoms with van der Waals surface area (Å²) in [4.78, 5) is 10.9. The molecule has 1 atom stereocenters. The third kappa shape index (κ3) is 9.44. The normalized spacial score (nSPS) is 15.8. The minimum Gasteiger partial charge on any atom is -0.400 e. The number of dihydropyridines is 1. The molecule has 0 spiro atoms. The number of nitrogens with zero attached hydrogens (tertiary/aromatic N) is 3. The zero-order valence-electron chi connectivity index (χ0n) is 23.7. The Hall–Kier alpha value is -3.79. The van der Waals surface area contributed by atoms with Crippen LogP contribution in [0.1, 0.15) is 24.0 Å². The summed E-state index contributed by atoms with van der Waals surface area (Å²) in [6, 6.07) is 14.6. The maximum atomic E-state index is 13.3. The van der Waals surface area contributed by atoms with Crippen LogP contribution < -0.4 is 16.0 Å². The fourth-order valence-electron chi connectivity index (χ4n) is 4.45. The van der Waals surface area contributed by atoms with Crippen molar-refractivity contribution in [2.45, 2.75) is 32.8 Å². The van der Waals surface area contributed by atoms with Crippen LogP contribution in [0.3, 0.4) is 0 Å². The van der Waals surface area contributed by atoms with Crippen molar-refractivity contribution in [1.82, 2.24) is 20.2 Å². The molecule has 2 aromatic carbocycles. The molecule has 0 amide bonds. The summed E-state index contributed by atoms with van der Waals surface area (Å²) in [5, 5.41) is 26.7. The minimum atomic E-state index is -0.254. The van der Waals surface area contributed by atoms with Crippen LogP contribution in [0.15, 0.2) is 78.7 Å². The first-order valence-corrected chi connectivity index (χ1v) is 13.5. The lowest BCUT2D eigenvalue weighted by molar-refractivity contribution is 0.0898. The molecule has 5 rings (SSSR count). The molecule has 3 aromatic rings. The van der Waals surface area contributed by atoms with Crippen molar-refractivity contribution >= 4 is 23.1 Å². The van der Waals surface area contributed by atoms with E-state index in [0.29, 0.717) is 23.2 Å². The van der Waals surface area contributed by atoms with Crippen LogP contribution in [0.5, 0.6) is 0 Å². The van der Waals surface area contributed by atoms with Gasteiger partial charge >= 0.3 is 0 Å². The Morgan fingerprint density at radius 3 is 2.35 bits per heavy atom. The molecular weight excluding hydrogens is 507 g/mol. The molecule has 0 radical (unpaired) electrons. The molecule has 1 fully saturated rings. The number of aliphatic hydroxyl groups excluding tert-OH is 2. The second-order valence-electron chi connectivity index (χ2n) is 9.91. The van der Waals surface area contributed by atoms with E-state index < -0.39 is 0 Å². The zero-order chi connectivity index (χ0) is 28.9. The number of hydrogen-bond donors (Lipinski definition) is 5. The van der Waals surface area contributed by atoms with Gasteiger partial charge in [-0.15, -0.1) is 0 Å². The Morgan fingerprint density at radius 1 is 1.00 bits per heavy atom. The average molecular weight is 549 g/mol. The number of aliphatic hydroxyl groups is 2. The SMILES string of the molecule is CN1CCC(C(O)C2=CC=CNC2)CC1.CO.Cc1ccc(Nc2nccc(Nc3ccc(F)c(C)c3)n2)cc1. The summed E-state index contributed by atoms with van der Waals surface area (Å²) in [5.74, 6) is 1.36. The summed E-state index contributed by atoms with van der Waals surface area (Å²) in [6.07, 6.45) is 9.57. The highest BCUT2D eigenvalue weighted by Crippen LogP contribution is 2.24. The molecule has 40 heavy (non-hydrogen) atoms. The summed E-state index contributed by atoms with van der Waals surface area (Å²) in [5.41, 5.74) is 4.61. The lowest BCUT2D eigenvalue weighted by Crippen LogP contribution is -2.37. The quantitative estimate of drug-likeness (QED) is 0.291. The topological polar surface area (TPSA) is 106 Å². The zero-order valence-corrected chi connectivity index (χ0v) is 23.7. The number of halogens is 1. The van der Waals surface area contributed by atoms with E-state index >= 15 is 0 Å². The molecule has 0 aliphatic carbocycles. The number of aryl methyl sites for hydroxylation is 2. The van der Waals surface area contributed by atoms with Crippen molar-refractivity contribution in [1.29, 1.82) is 0 Å². The van der Waals surface area contributed by atoms with Gasteiger partial charge in [0.2, 0.25) is 5.95 Å². The Kier molecular flexibility index (Phi) is 12.1. The van der Waals surface area contributed by atoms with Gasteiger partial charge in [0.15, 0.2) is 0 Å². The fourth-order valence-corrected chi connectivity index (χ4v) is 4.45. The van der Waals surface area contributed by atoms with Gasteiger partial charge in [-0.2, -0.15) is 4.98 Å². The highest BCUT2D eigenvalue weighted by Gasteiger charge is 2.26. The van der Waals surface area contributed by atoms with Crippen molar-refractivity contribution in [3.63, 3.8) is 0 Å². The minimum absolute atomic E-state index is 0.222. The Labute approximate surface area is 236 Å². The van der Waals surface area contributed by atoms with Crippen molar-refractivity contribution in [2.24, 2.45) is 5.92 Å². The van der Waals surface area contributed by atoms with Crippen molar-refractivity contribution in [3.8, 4) is 0 Å². The van der Waals surface area contributed by atoms with E-state index in [1.165, 1.54) is 11.6 Å². The summed E-state index contributed by atoms with van der Waals surface area (Å²) >= 11 is 0. The maximum Gasteiger partial charge on any atom is 0.229 e. The predicted octanol–water partition coefficient (Wildman–Crippen LogP) is 5.06. The fraction of sp³-hybridized carbons (Fsp3) is 0.355. The van der Waals surface area contributed by atoms with Crippen LogP contribution in [0.2, 0.25) is 0 Å². The summed E-state index contributed by atoms with van der Waals surface area (Å²) < 4.78 is 13.3. The van der Waals surface area contributed by atoms with E-state index in [4.69, 9.17) is 5.11 Å². The molecule has 3 heterocycles. The Balaban J connectivity index is 0.000000224. The van der Waals surface area contributed by atoms with Gasteiger partial charge < -0.3 is 31.1 Å². The van der Waals surface area contributed by atoms with E-state index in [1.807, 2.05) is 49.5 Å². The number of allylic oxidation sites excluding steroid dienone is 2. The number of likely N-dealkylation sites (tertiary alicyclic amines) is 1. The molecule has 2 aliphatic heterocycles. The van der Waals surface area contributed by atoms with Gasteiger partial charge in [-0.1, -0.05) is 23.8 Å². The first-order chi connectivity index (χ1) is 19.4. The smallest absolute Gasteiger partial charge is 0.229 e. The standard InChI is InChI=1S/C18H17FN4.C12H20N2O.CH4O/c1-12-3-5-14(6-4-12)22-18-20-10-9-17(23-18)21-15-7-8-16(19)13(2)11-15;1-14-7-4-10(5-8-14)12(15)11-3-2-6-13-9-11;1-2/h3-11H,1-2H3,(H2,20,21,22,23);2-3,6,10,12-13,15H,4-5,7-9H2,1H3;2H,1H3.